The first-order valence-electron chi connectivity index (χ1n) is 12.5. The largest absolute Gasteiger partial charge is 0.387 e. The van der Waals surface area contributed by atoms with Crippen molar-refractivity contribution in [3.05, 3.63) is 119 Å². The molecule has 0 saturated heterocycles. The van der Waals surface area contributed by atoms with Crippen LogP contribution in [-0.4, -0.2) is 26.6 Å². The van der Waals surface area contributed by atoms with Gasteiger partial charge in [-0.2, -0.15) is 0 Å². The number of aryl methyl sites for hydroxylation is 2. The molecule has 0 heterocycles. The van der Waals surface area contributed by atoms with Crippen molar-refractivity contribution >= 4 is 21.4 Å². The third-order valence-corrected chi connectivity index (χ3v) is 8.48. The van der Waals surface area contributed by atoms with Crippen LogP contribution in [0.15, 0.2) is 107 Å². The van der Waals surface area contributed by atoms with Crippen LogP contribution < -0.4 is 5.32 Å². The van der Waals surface area contributed by atoms with Gasteiger partial charge < -0.3 is 10.4 Å². The fourth-order valence-electron chi connectivity index (χ4n) is 4.40. The highest BCUT2D eigenvalue weighted by molar-refractivity contribution is 7.91. The molecule has 0 fully saturated rings. The van der Waals surface area contributed by atoms with Gasteiger partial charge in [-0.3, -0.25) is 0 Å². The second kappa shape index (κ2) is 12.5. The second-order valence-corrected chi connectivity index (χ2v) is 11.5. The van der Waals surface area contributed by atoms with Crippen LogP contribution in [-0.2, 0) is 22.7 Å². The first-order chi connectivity index (χ1) is 17.9. The van der Waals surface area contributed by atoms with E-state index in [2.05, 4.69) is 18.3 Å². The summed E-state index contributed by atoms with van der Waals surface area (Å²) in [7, 11) is -3.62. The molecule has 0 aromatic heterocycles. The fourth-order valence-corrected chi connectivity index (χ4v) is 5.91. The Labute approximate surface area is 224 Å². The average molecular weight is 534 g/mol. The normalized spacial score (nSPS) is 12.4. The molecular formula is C31H32ClNO3S. The van der Waals surface area contributed by atoms with E-state index in [1.54, 1.807) is 42.5 Å². The number of rotatable bonds is 11. The molecule has 37 heavy (non-hydrogen) atoms. The van der Waals surface area contributed by atoms with Gasteiger partial charge in [0.15, 0.2) is 0 Å². The highest BCUT2D eigenvalue weighted by atomic mass is 35.5. The quantitative estimate of drug-likeness (QED) is 0.212. The van der Waals surface area contributed by atoms with Crippen molar-refractivity contribution in [2.45, 2.75) is 42.1 Å². The summed E-state index contributed by atoms with van der Waals surface area (Å²) in [6.07, 6.45) is 1.95. The van der Waals surface area contributed by atoms with E-state index in [0.717, 1.165) is 48.1 Å². The maximum atomic E-state index is 13.3. The SMILES string of the molecule is CCc1ccccc1-c1cccc(S(=O)(=O)c2ccc(CCCNC[C@H](O)c3cccc(Cl)c3)cc2)c1. The molecule has 0 radical (unpaired) electrons. The zero-order chi connectivity index (χ0) is 26.3. The van der Waals surface area contributed by atoms with Crippen molar-refractivity contribution in [2.75, 3.05) is 13.1 Å². The van der Waals surface area contributed by atoms with Gasteiger partial charge in [0.05, 0.1) is 15.9 Å². The summed E-state index contributed by atoms with van der Waals surface area (Å²) >= 11 is 5.99. The summed E-state index contributed by atoms with van der Waals surface area (Å²) in [4.78, 5) is 0.589. The Morgan fingerprint density at radius 1 is 0.865 bits per heavy atom. The minimum Gasteiger partial charge on any atom is -0.387 e. The lowest BCUT2D eigenvalue weighted by Gasteiger charge is -2.13. The smallest absolute Gasteiger partial charge is 0.206 e. The van der Waals surface area contributed by atoms with Crippen LogP contribution in [0.5, 0.6) is 0 Å². The predicted octanol–water partition coefficient (Wildman–Crippen LogP) is 6.66. The molecule has 0 bridgehead atoms. The van der Waals surface area contributed by atoms with E-state index < -0.39 is 15.9 Å². The van der Waals surface area contributed by atoms with Crippen LogP contribution in [0.4, 0.5) is 0 Å². The maximum Gasteiger partial charge on any atom is 0.206 e. The molecule has 192 valence electrons. The minimum atomic E-state index is -3.62. The number of hydrogen-bond donors (Lipinski definition) is 2. The number of sulfone groups is 1. The number of nitrogens with one attached hydrogen (secondary N) is 1. The molecule has 6 heteroatoms. The lowest BCUT2D eigenvalue weighted by Crippen LogP contribution is -2.22. The molecule has 0 aliphatic heterocycles. The second-order valence-electron chi connectivity index (χ2n) is 9.06. The number of halogens is 1. The van der Waals surface area contributed by atoms with Gasteiger partial charge in [0, 0.05) is 11.6 Å². The van der Waals surface area contributed by atoms with Crippen LogP contribution in [0.3, 0.4) is 0 Å². The van der Waals surface area contributed by atoms with E-state index in [0.29, 0.717) is 21.4 Å². The molecule has 0 unspecified atom stereocenters. The molecule has 4 aromatic rings. The van der Waals surface area contributed by atoms with Crippen molar-refractivity contribution in [3.8, 4) is 11.1 Å². The molecule has 2 N–H and O–H groups in total. The Kier molecular flexibility index (Phi) is 9.17. The molecular weight excluding hydrogens is 502 g/mol. The van der Waals surface area contributed by atoms with Gasteiger partial charge in [-0.1, -0.05) is 79.2 Å². The van der Waals surface area contributed by atoms with E-state index >= 15 is 0 Å². The molecule has 1 atom stereocenters. The zero-order valence-electron chi connectivity index (χ0n) is 20.9. The van der Waals surface area contributed by atoms with Gasteiger partial charge in [-0.05, 0) is 90.0 Å². The first-order valence-corrected chi connectivity index (χ1v) is 14.4. The van der Waals surface area contributed by atoms with E-state index in [9.17, 15) is 13.5 Å². The van der Waals surface area contributed by atoms with Crippen LogP contribution in [0.1, 0.15) is 36.1 Å². The summed E-state index contributed by atoms with van der Waals surface area (Å²) in [6.45, 7) is 3.28. The minimum absolute atomic E-state index is 0.292. The number of hydrogen-bond acceptors (Lipinski definition) is 4. The van der Waals surface area contributed by atoms with Gasteiger partial charge in [-0.15, -0.1) is 0 Å². The summed E-state index contributed by atoms with van der Waals surface area (Å²) in [5.74, 6) is 0. The lowest BCUT2D eigenvalue weighted by molar-refractivity contribution is 0.175. The molecule has 0 aliphatic carbocycles. The van der Waals surface area contributed by atoms with Gasteiger partial charge in [0.1, 0.15) is 0 Å². The Bertz CT molecular complexity index is 1440. The van der Waals surface area contributed by atoms with Crippen LogP contribution in [0.25, 0.3) is 11.1 Å². The van der Waals surface area contributed by atoms with E-state index in [1.165, 1.54) is 5.56 Å². The van der Waals surface area contributed by atoms with Gasteiger partial charge >= 0.3 is 0 Å². The molecule has 0 amide bonds. The van der Waals surface area contributed by atoms with Crippen molar-refractivity contribution in [2.24, 2.45) is 0 Å². The summed E-state index contributed by atoms with van der Waals surface area (Å²) in [6, 6.07) is 29.6. The molecule has 4 nitrogen and oxygen atoms in total. The number of aliphatic hydroxyl groups excluding tert-OH is 1. The topological polar surface area (TPSA) is 66.4 Å². The van der Waals surface area contributed by atoms with Crippen LogP contribution >= 0.6 is 11.6 Å². The third kappa shape index (κ3) is 6.88. The highest BCUT2D eigenvalue weighted by Gasteiger charge is 2.18. The van der Waals surface area contributed by atoms with Gasteiger partial charge in [0.2, 0.25) is 9.84 Å². The van der Waals surface area contributed by atoms with E-state index in [-0.39, 0.29) is 0 Å². The lowest BCUT2D eigenvalue weighted by atomic mass is 9.98. The monoisotopic (exact) mass is 533 g/mol. The van der Waals surface area contributed by atoms with Crippen molar-refractivity contribution in [3.63, 3.8) is 0 Å². The molecule has 0 aliphatic rings. The Morgan fingerprint density at radius 3 is 2.38 bits per heavy atom. The van der Waals surface area contributed by atoms with Crippen molar-refractivity contribution in [1.82, 2.24) is 5.32 Å². The first kappa shape index (κ1) is 27.1. The van der Waals surface area contributed by atoms with Crippen LogP contribution in [0.2, 0.25) is 5.02 Å². The fraction of sp³-hybridized carbons (Fsp3) is 0.226. The molecule has 0 spiro atoms. The van der Waals surface area contributed by atoms with E-state index in [4.69, 9.17) is 11.6 Å². The number of aliphatic hydroxyl groups is 1. The Balaban J connectivity index is 1.34. The predicted molar refractivity (Wildman–Crippen MR) is 151 cm³/mol. The summed E-state index contributed by atoms with van der Waals surface area (Å²) < 4.78 is 26.7. The zero-order valence-corrected chi connectivity index (χ0v) is 22.5. The van der Waals surface area contributed by atoms with Gasteiger partial charge in [-0.25, -0.2) is 8.42 Å². The Morgan fingerprint density at radius 2 is 1.62 bits per heavy atom. The average Bonchev–Trinajstić information content (AvgIpc) is 2.93. The molecule has 0 saturated carbocycles. The highest BCUT2D eigenvalue weighted by Crippen LogP contribution is 2.29. The van der Waals surface area contributed by atoms with E-state index in [1.807, 2.05) is 48.5 Å². The van der Waals surface area contributed by atoms with Gasteiger partial charge in [0.25, 0.3) is 0 Å². The molecule has 4 rings (SSSR count). The summed E-state index contributed by atoms with van der Waals surface area (Å²) in [5.41, 5.74) is 5.02. The third-order valence-electron chi connectivity index (χ3n) is 6.48. The van der Waals surface area contributed by atoms with Crippen LogP contribution in [0, 0.1) is 0 Å². The molecule has 4 aromatic carbocycles. The number of benzene rings is 4. The van der Waals surface area contributed by atoms with Crippen molar-refractivity contribution < 1.29 is 13.5 Å². The van der Waals surface area contributed by atoms with Crippen molar-refractivity contribution in [1.29, 1.82) is 0 Å². The maximum absolute atomic E-state index is 13.3. The summed E-state index contributed by atoms with van der Waals surface area (Å²) in [5, 5.41) is 14.2. The standard InChI is InChI=1S/C31H32ClNO3S/c1-2-24-9-3-4-14-30(24)25-10-6-13-29(21-25)37(35,36)28-17-15-23(16-18-28)8-7-19-33-22-31(34)26-11-5-12-27(32)20-26/h3-6,9-18,20-21,31,33-34H,2,7-8,19,22H2,1H3/t31-/m0/s1. The Hall–Kier alpha value is -2.96.